The molecule has 11 heteroatoms. The van der Waals surface area contributed by atoms with E-state index in [1.54, 1.807) is 6.07 Å². The molecule has 2 N–H and O–H groups in total. The smallest absolute Gasteiger partial charge is 0.279 e. The van der Waals surface area contributed by atoms with E-state index in [9.17, 15) is 27.2 Å². The lowest BCUT2D eigenvalue weighted by atomic mass is 10.1. The Morgan fingerprint density at radius 2 is 2.00 bits per heavy atom. The molecule has 2 aliphatic rings. The molecule has 1 aromatic rings. The number of hydrogen-bond acceptors (Lipinski definition) is 6. The highest BCUT2D eigenvalue weighted by Crippen LogP contribution is 2.26. The van der Waals surface area contributed by atoms with Crippen molar-refractivity contribution < 1.29 is 31.9 Å². The van der Waals surface area contributed by atoms with E-state index in [4.69, 9.17) is 4.74 Å². The molecule has 29 heavy (non-hydrogen) atoms. The zero-order valence-corrected chi connectivity index (χ0v) is 16.6. The van der Waals surface area contributed by atoms with Crippen LogP contribution in [0.4, 0.5) is 4.39 Å². The van der Waals surface area contributed by atoms with E-state index in [0.717, 1.165) is 0 Å². The van der Waals surface area contributed by atoms with Crippen LogP contribution in [0.2, 0.25) is 0 Å². The number of ether oxygens (including phenoxy) is 1. The number of carbonyl (C=O) groups excluding carboxylic acids is 3. The predicted octanol–water partition coefficient (Wildman–Crippen LogP) is -0.224. The molecule has 0 spiro atoms. The third kappa shape index (κ3) is 5.03. The molecule has 3 atom stereocenters. The van der Waals surface area contributed by atoms with E-state index in [1.807, 2.05) is 0 Å². The Balaban J connectivity index is 1.48. The SMILES string of the molecule is CC(Oc1ccccc1F)C(=O)NNC(=O)C1CC(=O)N(C2CCS(=O)(=O)C2)C1. The number of nitrogens with one attached hydrogen (secondary N) is 2. The normalized spacial score (nSPS) is 24.2. The van der Waals surface area contributed by atoms with Crippen LogP contribution < -0.4 is 15.6 Å². The average molecular weight is 427 g/mol. The number of carbonyl (C=O) groups is 3. The van der Waals surface area contributed by atoms with Gasteiger partial charge in [-0.25, -0.2) is 12.8 Å². The molecule has 0 bridgehead atoms. The highest BCUT2D eigenvalue weighted by atomic mass is 32.2. The second-order valence-corrected chi connectivity index (χ2v) is 9.40. The first-order valence-electron chi connectivity index (χ1n) is 9.17. The third-order valence-corrected chi connectivity index (χ3v) is 6.75. The van der Waals surface area contributed by atoms with Crippen molar-refractivity contribution in [2.75, 3.05) is 18.1 Å². The molecule has 3 amide bonds. The number of halogens is 1. The van der Waals surface area contributed by atoms with Crippen molar-refractivity contribution in [3.05, 3.63) is 30.1 Å². The molecule has 0 aromatic heterocycles. The van der Waals surface area contributed by atoms with Crippen LogP contribution in [0.1, 0.15) is 19.8 Å². The number of amides is 3. The van der Waals surface area contributed by atoms with Crippen LogP contribution >= 0.6 is 0 Å². The summed E-state index contributed by atoms with van der Waals surface area (Å²) in [6.07, 6.45) is -0.763. The number of rotatable bonds is 5. The van der Waals surface area contributed by atoms with Gasteiger partial charge < -0.3 is 9.64 Å². The van der Waals surface area contributed by atoms with Gasteiger partial charge in [0.1, 0.15) is 0 Å². The Morgan fingerprint density at radius 3 is 2.66 bits per heavy atom. The fraction of sp³-hybridized carbons (Fsp3) is 0.500. The van der Waals surface area contributed by atoms with Gasteiger partial charge in [0.15, 0.2) is 27.5 Å². The summed E-state index contributed by atoms with van der Waals surface area (Å²) < 4.78 is 42.0. The van der Waals surface area contributed by atoms with E-state index in [2.05, 4.69) is 10.9 Å². The van der Waals surface area contributed by atoms with Crippen LogP contribution in [0.5, 0.6) is 5.75 Å². The minimum absolute atomic E-state index is 0.0360. The summed E-state index contributed by atoms with van der Waals surface area (Å²) in [4.78, 5) is 38.0. The molecule has 158 valence electrons. The fourth-order valence-corrected chi connectivity index (χ4v) is 5.12. The number of sulfone groups is 1. The van der Waals surface area contributed by atoms with Crippen molar-refractivity contribution in [2.24, 2.45) is 5.92 Å². The second kappa shape index (κ2) is 8.36. The Kier molecular flexibility index (Phi) is 6.06. The van der Waals surface area contributed by atoms with Crippen molar-refractivity contribution in [1.82, 2.24) is 15.8 Å². The summed E-state index contributed by atoms with van der Waals surface area (Å²) in [5.74, 6) is -3.00. The van der Waals surface area contributed by atoms with E-state index in [1.165, 1.54) is 30.0 Å². The van der Waals surface area contributed by atoms with E-state index in [0.29, 0.717) is 6.42 Å². The van der Waals surface area contributed by atoms with Crippen LogP contribution in [0.3, 0.4) is 0 Å². The first-order chi connectivity index (χ1) is 13.7. The maximum absolute atomic E-state index is 13.6. The van der Waals surface area contributed by atoms with Gasteiger partial charge in [-0.2, -0.15) is 0 Å². The minimum atomic E-state index is -3.15. The molecule has 3 unspecified atom stereocenters. The molecule has 0 radical (unpaired) electrons. The molecule has 3 rings (SSSR count). The number of hydrogen-bond donors (Lipinski definition) is 2. The topological polar surface area (TPSA) is 122 Å². The van der Waals surface area contributed by atoms with Crippen molar-refractivity contribution in [3.8, 4) is 5.75 Å². The summed E-state index contributed by atoms with van der Waals surface area (Å²) in [6.45, 7) is 1.50. The Hall–Kier alpha value is -2.69. The van der Waals surface area contributed by atoms with Crippen LogP contribution in [0, 0.1) is 11.7 Å². The van der Waals surface area contributed by atoms with Gasteiger partial charge in [-0.15, -0.1) is 0 Å². The summed E-state index contributed by atoms with van der Waals surface area (Å²) in [5.41, 5.74) is 4.44. The Morgan fingerprint density at radius 1 is 1.28 bits per heavy atom. The molecular formula is C18H22FN3O6S. The summed E-state index contributed by atoms with van der Waals surface area (Å²) in [7, 11) is -3.15. The van der Waals surface area contributed by atoms with E-state index < -0.39 is 45.5 Å². The quantitative estimate of drug-likeness (QED) is 0.627. The first kappa shape index (κ1) is 21.0. The van der Waals surface area contributed by atoms with Crippen LogP contribution in [0.25, 0.3) is 0 Å². The number of nitrogens with zero attached hydrogens (tertiary/aromatic N) is 1. The Bertz CT molecular complexity index is 922. The molecular weight excluding hydrogens is 405 g/mol. The van der Waals surface area contributed by atoms with E-state index in [-0.39, 0.29) is 36.1 Å². The molecule has 9 nitrogen and oxygen atoms in total. The van der Waals surface area contributed by atoms with Gasteiger partial charge in [-0.1, -0.05) is 12.1 Å². The van der Waals surface area contributed by atoms with Gasteiger partial charge in [0.05, 0.1) is 17.4 Å². The number of likely N-dealkylation sites (tertiary alicyclic amines) is 1. The zero-order chi connectivity index (χ0) is 21.2. The van der Waals surface area contributed by atoms with Crippen molar-refractivity contribution >= 4 is 27.6 Å². The lowest BCUT2D eigenvalue weighted by molar-refractivity contribution is -0.134. The highest BCUT2D eigenvalue weighted by molar-refractivity contribution is 7.91. The van der Waals surface area contributed by atoms with Gasteiger partial charge in [0.25, 0.3) is 5.91 Å². The molecule has 2 fully saturated rings. The molecule has 2 heterocycles. The van der Waals surface area contributed by atoms with Gasteiger partial charge in [-0.3, -0.25) is 25.2 Å². The lowest BCUT2D eigenvalue weighted by Gasteiger charge is -2.23. The lowest BCUT2D eigenvalue weighted by Crippen LogP contribution is -2.49. The summed E-state index contributed by atoms with van der Waals surface area (Å²) in [5, 5.41) is 0. The fourth-order valence-electron chi connectivity index (χ4n) is 3.39. The average Bonchev–Trinajstić information content (AvgIpc) is 3.23. The minimum Gasteiger partial charge on any atom is -0.478 e. The predicted molar refractivity (Wildman–Crippen MR) is 99.7 cm³/mol. The summed E-state index contributed by atoms with van der Waals surface area (Å²) >= 11 is 0. The van der Waals surface area contributed by atoms with Crippen LogP contribution in [-0.2, 0) is 24.2 Å². The summed E-state index contributed by atoms with van der Waals surface area (Å²) in [6, 6.07) is 5.21. The third-order valence-electron chi connectivity index (χ3n) is 5.00. The molecule has 2 aliphatic heterocycles. The number of benzene rings is 1. The molecule has 0 saturated carbocycles. The van der Waals surface area contributed by atoms with Crippen molar-refractivity contribution in [1.29, 1.82) is 0 Å². The van der Waals surface area contributed by atoms with E-state index >= 15 is 0 Å². The highest BCUT2D eigenvalue weighted by Gasteiger charge is 2.42. The molecule has 2 saturated heterocycles. The standard InChI is InChI=1S/C18H22FN3O6S/c1-11(28-15-5-3-2-4-14(15)19)17(24)20-21-18(25)12-8-16(23)22(9-12)13-6-7-29(26,27)10-13/h2-5,11-13H,6-10H2,1H3,(H,20,24)(H,21,25). The van der Waals surface area contributed by atoms with Crippen LogP contribution in [-0.4, -0.2) is 61.2 Å². The largest absolute Gasteiger partial charge is 0.478 e. The molecule has 0 aliphatic carbocycles. The van der Waals surface area contributed by atoms with Crippen LogP contribution in [0.15, 0.2) is 24.3 Å². The second-order valence-electron chi connectivity index (χ2n) is 7.17. The van der Waals surface area contributed by atoms with Gasteiger partial charge >= 0.3 is 0 Å². The first-order valence-corrected chi connectivity index (χ1v) is 11.0. The molecule has 1 aromatic carbocycles. The van der Waals surface area contributed by atoms with Gasteiger partial charge in [0.2, 0.25) is 11.8 Å². The maximum atomic E-state index is 13.6. The van der Waals surface area contributed by atoms with Gasteiger partial charge in [-0.05, 0) is 25.5 Å². The van der Waals surface area contributed by atoms with Crippen molar-refractivity contribution in [2.45, 2.75) is 31.9 Å². The number of hydrazine groups is 1. The zero-order valence-electron chi connectivity index (χ0n) is 15.8. The maximum Gasteiger partial charge on any atom is 0.279 e. The van der Waals surface area contributed by atoms with Gasteiger partial charge in [0, 0.05) is 19.0 Å². The number of para-hydroxylation sites is 1. The monoisotopic (exact) mass is 427 g/mol. The Labute approximate surface area is 167 Å². The van der Waals surface area contributed by atoms with Crippen molar-refractivity contribution in [3.63, 3.8) is 0 Å².